The Hall–Kier alpha value is -0.910. The first-order chi connectivity index (χ1) is 9.71. The third-order valence-corrected chi connectivity index (χ3v) is 4.31. The number of hydrogen-bond donors (Lipinski definition) is 2. The van der Waals surface area contributed by atoms with Gasteiger partial charge in [0.25, 0.3) is 0 Å². The summed E-state index contributed by atoms with van der Waals surface area (Å²) in [5, 5.41) is 3.46. The molecule has 2 N–H and O–H groups in total. The van der Waals surface area contributed by atoms with Gasteiger partial charge >= 0.3 is 0 Å². The molecular weight excluding hydrogens is 284 g/mol. The Bertz CT molecular complexity index is 512. The first kappa shape index (κ1) is 18.1. The van der Waals surface area contributed by atoms with E-state index in [1.165, 1.54) is 11.8 Å². The smallest absolute Gasteiger partial charge is 0.208 e. The second kappa shape index (κ2) is 7.92. The third kappa shape index (κ3) is 7.60. The molecule has 4 nitrogen and oxygen atoms in total. The summed E-state index contributed by atoms with van der Waals surface area (Å²) in [5.74, 6) is 0. The topological polar surface area (TPSA) is 58.2 Å². The Morgan fingerprint density at radius 2 is 1.76 bits per heavy atom. The van der Waals surface area contributed by atoms with Crippen LogP contribution in [-0.2, 0) is 15.4 Å². The number of nitrogens with one attached hydrogen (secondary N) is 2. The van der Waals surface area contributed by atoms with Gasteiger partial charge in [-0.15, -0.1) is 0 Å². The van der Waals surface area contributed by atoms with Crippen molar-refractivity contribution in [3.05, 3.63) is 35.9 Å². The molecule has 1 aromatic rings. The van der Waals surface area contributed by atoms with Crippen molar-refractivity contribution in [1.29, 1.82) is 0 Å². The van der Waals surface area contributed by atoms with Gasteiger partial charge in [0.15, 0.2) is 0 Å². The van der Waals surface area contributed by atoms with Crippen LogP contribution >= 0.6 is 0 Å². The zero-order valence-corrected chi connectivity index (χ0v) is 14.3. The van der Waals surface area contributed by atoms with Gasteiger partial charge in [0.05, 0.1) is 6.26 Å². The standard InChI is InChI=1S/C16H28N2O2S/c1-14(17-11-8-12-18-21(4,19)20)13-16(2,3)15-9-6-5-7-10-15/h5-7,9-10,14,17-18H,8,11-13H2,1-4H3. The molecule has 0 aliphatic rings. The lowest BCUT2D eigenvalue weighted by molar-refractivity contribution is 0.388. The fraction of sp³-hybridized carbons (Fsp3) is 0.625. The molecule has 1 atom stereocenters. The largest absolute Gasteiger partial charge is 0.314 e. The molecule has 0 saturated carbocycles. The maximum atomic E-state index is 10.9. The zero-order chi connectivity index (χ0) is 15.9. The molecule has 5 heteroatoms. The van der Waals surface area contributed by atoms with E-state index in [0.717, 1.165) is 19.4 Å². The van der Waals surface area contributed by atoms with Crippen molar-refractivity contribution in [2.45, 2.75) is 45.1 Å². The Morgan fingerprint density at radius 1 is 1.14 bits per heavy atom. The van der Waals surface area contributed by atoms with Crippen molar-refractivity contribution in [3.63, 3.8) is 0 Å². The molecule has 0 heterocycles. The summed E-state index contributed by atoms with van der Waals surface area (Å²) in [6.07, 6.45) is 3.02. The predicted octanol–water partition coefficient (Wildman–Crippen LogP) is 2.27. The molecule has 0 radical (unpaired) electrons. The first-order valence-corrected chi connectivity index (χ1v) is 9.33. The third-order valence-electron chi connectivity index (χ3n) is 3.58. The van der Waals surface area contributed by atoms with Crippen LogP contribution < -0.4 is 10.0 Å². The fourth-order valence-corrected chi connectivity index (χ4v) is 3.05. The second-order valence-corrected chi connectivity index (χ2v) is 8.16. The first-order valence-electron chi connectivity index (χ1n) is 7.44. The molecule has 1 aromatic carbocycles. The van der Waals surface area contributed by atoms with Gasteiger partial charge in [-0.2, -0.15) is 0 Å². The van der Waals surface area contributed by atoms with Crippen LogP contribution in [0.25, 0.3) is 0 Å². The van der Waals surface area contributed by atoms with Gasteiger partial charge in [-0.25, -0.2) is 13.1 Å². The lowest BCUT2D eigenvalue weighted by Gasteiger charge is -2.29. The molecular formula is C16H28N2O2S. The van der Waals surface area contributed by atoms with Gasteiger partial charge in [-0.3, -0.25) is 0 Å². The Kier molecular flexibility index (Phi) is 6.84. The van der Waals surface area contributed by atoms with Gasteiger partial charge in [0.2, 0.25) is 10.0 Å². The van der Waals surface area contributed by atoms with Crippen LogP contribution in [0, 0.1) is 0 Å². The van der Waals surface area contributed by atoms with Crippen molar-refractivity contribution < 1.29 is 8.42 Å². The van der Waals surface area contributed by atoms with Crippen LogP contribution in [0.1, 0.15) is 39.2 Å². The average Bonchev–Trinajstić information content (AvgIpc) is 2.37. The Labute approximate surface area is 129 Å². The van der Waals surface area contributed by atoms with Crippen molar-refractivity contribution >= 4 is 10.0 Å². The van der Waals surface area contributed by atoms with Gasteiger partial charge < -0.3 is 5.32 Å². The van der Waals surface area contributed by atoms with E-state index in [1.807, 2.05) is 6.07 Å². The number of rotatable bonds is 9. The van der Waals surface area contributed by atoms with Crippen LogP contribution in [0.3, 0.4) is 0 Å². The van der Waals surface area contributed by atoms with E-state index in [-0.39, 0.29) is 5.41 Å². The second-order valence-electron chi connectivity index (χ2n) is 6.33. The van der Waals surface area contributed by atoms with Crippen LogP contribution in [0.15, 0.2) is 30.3 Å². The SMILES string of the molecule is CC(CC(C)(C)c1ccccc1)NCCCNS(C)(=O)=O. The van der Waals surface area contributed by atoms with Gasteiger partial charge in [-0.1, -0.05) is 44.2 Å². The van der Waals surface area contributed by atoms with E-state index in [9.17, 15) is 8.42 Å². The van der Waals surface area contributed by atoms with E-state index in [4.69, 9.17) is 0 Å². The summed E-state index contributed by atoms with van der Waals surface area (Å²) in [6.45, 7) is 7.99. The summed E-state index contributed by atoms with van der Waals surface area (Å²) in [6, 6.07) is 10.9. The Morgan fingerprint density at radius 3 is 2.33 bits per heavy atom. The number of sulfonamides is 1. The number of benzene rings is 1. The van der Waals surface area contributed by atoms with Crippen LogP contribution in [-0.4, -0.2) is 33.8 Å². The molecule has 21 heavy (non-hydrogen) atoms. The van der Waals surface area contributed by atoms with Gasteiger partial charge in [-0.05, 0) is 37.3 Å². The molecule has 0 fully saturated rings. The zero-order valence-electron chi connectivity index (χ0n) is 13.5. The van der Waals surface area contributed by atoms with Crippen molar-refractivity contribution in [1.82, 2.24) is 10.0 Å². The highest BCUT2D eigenvalue weighted by Gasteiger charge is 2.22. The number of hydrogen-bond acceptors (Lipinski definition) is 3. The van der Waals surface area contributed by atoms with Crippen molar-refractivity contribution in [2.75, 3.05) is 19.3 Å². The maximum absolute atomic E-state index is 10.9. The molecule has 0 aliphatic heterocycles. The van der Waals surface area contributed by atoms with Crippen LogP contribution in [0.4, 0.5) is 0 Å². The van der Waals surface area contributed by atoms with Crippen LogP contribution in [0.5, 0.6) is 0 Å². The van der Waals surface area contributed by atoms with Gasteiger partial charge in [0.1, 0.15) is 0 Å². The molecule has 1 unspecified atom stereocenters. The molecule has 0 aliphatic carbocycles. The van der Waals surface area contributed by atoms with E-state index in [2.05, 4.69) is 55.1 Å². The van der Waals surface area contributed by atoms with E-state index in [1.54, 1.807) is 0 Å². The summed E-state index contributed by atoms with van der Waals surface area (Å²) in [5.41, 5.74) is 1.47. The summed E-state index contributed by atoms with van der Waals surface area (Å²) >= 11 is 0. The predicted molar refractivity (Wildman–Crippen MR) is 89.0 cm³/mol. The summed E-state index contributed by atoms with van der Waals surface area (Å²) < 4.78 is 24.4. The molecule has 0 amide bonds. The molecule has 0 spiro atoms. The van der Waals surface area contributed by atoms with E-state index < -0.39 is 10.0 Å². The lowest BCUT2D eigenvalue weighted by atomic mass is 9.79. The highest BCUT2D eigenvalue weighted by atomic mass is 32.2. The minimum atomic E-state index is -3.07. The highest BCUT2D eigenvalue weighted by Crippen LogP contribution is 2.27. The average molecular weight is 312 g/mol. The maximum Gasteiger partial charge on any atom is 0.208 e. The Balaban J connectivity index is 2.32. The normalized spacial score (nSPS) is 14.1. The van der Waals surface area contributed by atoms with Crippen LogP contribution in [0.2, 0.25) is 0 Å². The molecule has 0 bridgehead atoms. The molecule has 120 valence electrons. The highest BCUT2D eigenvalue weighted by molar-refractivity contribution is 7.88. The van der Waals surface area contributed by atoms with E-state index in [0.29, 0.717) is 12.6 Å². The molecule has 0 saturated heterocycles. The van der Waals surface area contributed by atoms with Gasteiger partial charge in [0, 0.05) is 12.6 Å². The fourth-order valence-electron chi connectivity index (χ4n) is 2.54. The minimum Gasteiger partial charge on any atom is -0.314 e. The summed E-state index contributed by atoms with van der Waals surface area (Å²) in [7, 11) is -3.07. The lowest BCUT2D eigenvalue weighted by Crippen LogP contribution is -2.35. The van der Waals surface area contributed by atoms with Crippen molar-refractivity contribution in [3.8, 4) is 0 Å². The molecule has 1 rings (SSSR count). The van der Waals surface area contributed by atoms with E-state index >= 15 is 0 Å². The minimum absolute atomic E-state index is 0.124. The quantitative estimate of drug-likeness (QED) is 0.688. The van der Waals surface area contributed by atoms with Crippen molar-refractivity contribution in [2.24, 2.45) is 0 Å². The summed E-state index contributed by atoms with van der Waals surface area (Å²) in [4.78, 5) is 0. The molecule has 0 aromatic heterocycles. The monoisotopic (exact) mass is 312 g/mol.